The number of benzene rings is 2. The minimum absolute atomic E-state index is 0.0247. The Morgan fingerprint density at radius 1 is 1.15 bits per heavy atom. The minimum Gasteiger partial charge on any atom is -0.489 e. The standard InChI is InChI=1S/C14H11NO5/c16-14(17)13-4-2-1-3-10(13)9-20-12-7-5-11(6-8-12)15(18)19/h1-8H,9H2,(H,16,17). The fourth-order valence-corrected chi connectivity index (χ4v) is 1.68. The number of hydrogen-bond acceptors (Lipinski definition) is 4. The Morgan fingerprint density at radius 2 is 1.80 bits per heavy atom. The van der Waals surface area contributed by atoms with E-state index in [0.717, 1.165) is 0 Å². The summed E-state index contributed by atoms with van der Waals surface area (Å²) in [6, 6.07) is 12.1. The third kappa shape index (κ3) is 3.11. The molecule has 2 aromatic carbocycles. The quantitative estimate of drug-likeness (QED) is 0.668. The molecule has 0 bridgehead atoms. The first-order valence-electron chi connectivity index (χ1n) is 5.76. The van der Waals surface area contributed by atoms with Crippen LogP contribution in [0.25, 0.3) is 0 Å². The van der Waals surface area contributed by atoms with Gasteiger partial charge in [-0.3, -0.25) is 10.1 Å². The van der Waals surface area contributed by atoms with Gasteiger partial charge in [-0.1, -0.05) is 18.2 Å². The van der Waals surface area contributed by atoms with Gasteiger partial charge in [-0.2, -0.15) is 0 Å². The predicted molar refractivity (Wildman–Crippen MR) is 70.8 cm³/mol. The lowest BCUT2D eigenvalue weighted by Gasteiger charge is -2.08. The summed E-state index contributed by atoms with van der Waals surface area (Å²) >= 11 is 0. The van der Waals surface area contributed by atoms with Crippen molar-refractivity contribution in [2.75, 3.05) is 0 Å². The number of carboxylic acids is 1. The van der Waals surface area contributed by atoms with Crippen LogP contribution in [-0.4, -0.2) is 16.0 Å². The van der Waals surface area contributed by atoms with Gasteiger partial charge in [0, 0.05) is 17.7 Å². The number of nitro groups is 1. The molecule has 102 valence electrons. The Labute approximate surface area is 114 Å². The first-order chi connectivity index (χ1) is 9.58. The molecule has 0 aromatic heterocycles. The Kier molecular flexibility index (Phi) is 3.95. The highest BCUT2D eigenvalue weighted by molar-refractivity contribution is 5.89. The zero-order valence-electron chi connectivity index (χ0n) is 10.4. The van der Waals surface area contributed by atoms with Crippen molar-refractivity contribution in [3.05, 3.63) is 69.8 Å². The van der Waals surface area contributed by atoms with Gasteiger partial charge in [0.1, 0.15) is 12.4 Å². The molecule has 0 amide bonds. The van der Waals surface area contributed by atoms with E-state index in [2.05, 4.69) is 0 Å². The van der Waals surface area contributed by atoms with E-state index < -0.39 is 10.9 Å². The van der Waals surface area contributed by atoms with Crippen LogP contribution in [0.15, 0.2) is 48.5 Å². The van der Waals surface area contributed by atoms with Crippen LogP contribution in [0.2, 0.25) is 0 Å². The van der Waals surface area contributed by atoms with E-state index in [1.54, 1.807) is 18.2 Å². The fraction of sp³-hybridized carbons (Fsp3) is 0.0714. The van der Waals surface area contributed by atoms with Crippen molar-refractivity contribution in [3.63, 3.8) is 0 Å². The van der Waals surface area contributed by atoms with Gasteiger partial charge in [0.25, 0.3) is 5.69 Å². The van der Waals surface area contributed by atoms with Crippen molar-refractivity contribution in [3.8, 4) is 5.75 Å². The first kappa shape index (κ1) is 13.5. The van der Waals surface area contributed by atoms with Gasteiger partial charge in [0.05, 0.1) is 10.5 Å². The second-order valence-electron chi connectivity index (χ2n) is 4.00. The molecule has 0 unspecified atom stereocenters. The van der Waals surface area contributed by atoms with Gasteiger partial charge in [-0.25, -0.2) is 4.79 Å². The number of hydrogen-bond donors (Lipinski definition) is 1. The molecule has 0 aliphatic carbocycles. The molecular weight excluding hydrogens is 262 g/mol. The molecule has 20 heavy (non-hydrogen) atoms. The van der Waals surface area contributed by atoms with E-state index in [1.807, 2.05) is 0 Å². The van der Waals surface area contributed by atoms with Crippen molar-refractivity contribution < 1.29 is 19.6 Å². The molecule has 0 atom stereocenters. The smallest absolute Gasteiger partial charge is 0.336 e. The maximum Gasteiger partial charge on any atom is 0.336 e. The summed E-state index contributed by atoms with van der Waals surface area (Å²) < 4.78 is 5.43. The summed E-state index contributed by atoms with van der Waals surface area (Å²) in [6.07, 6.45) is 0. The van der Waals surface area contributed by atoms with Crippen molar-refractivity contribution in [2.24, 2.45) is 0 Å². The van der Waals surface area contributed by atoms with Gasteiger partial charge >= 0.3 is 5.97 Å². The Hall–Kier alpha value is -2.89. The van der Waals surface area contributed by atoms with Crippen molar-refractivity contribution in [1.29, 1.82) is 0 Å². The van der Waals surface area contributed by atoms with E-state index in [9.17, 15) is 14.9 Å². The molecule has 6 heteroatoms. The van der Waals surface area contributed by atoms with Crippen LogP contribution in [0, 0.1) is 10.1 Å². The normalized spacial score (nSPS) is 10.0. The second-order valence-corrected chi connectivity index (χ2v) is 4.00. The molecule has 0 saturated heterocycles. The maximum atomic E-state index is 11.0. The van der Waals surface area contributed by atoms with E-state index in [0.29, 0.717) is 11.3 Å². The number of ether oxygens (including phenoxy) is 1. The summed E-state index contributed by atoms with van der Waals surface area (Å²) in [5.74, 6) is -0.580. The molecule has 0 fully saturated rings. The summed E-state index contributed by atoms with van der Waals surface area (Å²) in [5.41, 5.74) is 0.691. The van der Waals surface area contributed by atoms with E-state index in [4.69, 9.17) is 9.84 Å². The van der Waals surface area contributed by atoms with Crippen LogP contribution in [0.1, 0.15) is 15.9 Å². The van der Waals surface area contributed by atoms with Crippen molar-refractivity contribution >= 4 is 11.7 Å². The Morgan fingerprint density at radius 3 is 2.40 bits per heavy atom. The average molecular weight is 273 g/mol. The Bertz CT molecular complexity index is 636. The molecular formula is C14H11NO5. The Balaban J connectivity index is 2.09. The van der Waals surface area contributed by atoms with Crippen LogP contribution in [0.5, 0.6) is 5.75 Å². The maximum absolute atomic E-state index is 11.0. The molecule has 0 aliphatic rings. The number of non-ortho nitro benzene ring substituents is 1. The second kappa shape index (κ2) is 5.83. The molecule has 0 saturated carbocycles. The van der Waals surface area contributed by atoms with E-state index in [1.165, 1.54) is 30.3 Å². The van der Waals surface area contributed by atoms with Crippen LogP contribution >= 0.6 is 0 Å². The van der Waals surface area contributed by atoms with Gasteiger partial charge in [-0.05, 0) is 18.2 Å². The van der Waals surface area contributed by atoms with Gasteiger partial charge < -0.3 is 9.84 Å². The first-order valence-corrected chi connectivity index (χ1v) is 5.76. The van der Waals surface area contributed by atoms with Crippen molar-refractivity contribution in [1.82, 2.24) is 0 Å². The summed E-state index contributed by atoms with van der Waals surface area (Å²) in [4.78, 5) is 21.0. The number of nitro benzene ring substituents is 1. The molecule has 0 aliphatic heterocycles. The number of carbonyl (C=O) groups is 1. The molecule has 2 aromatic rings. The molecule has 0 radical (unpaired) electrons. The highest BCUT2D eigenvalue weighted by Crippen LogP contribution is 2.19. The lowest BCUT2D eigenvalue weighted by molar-refractivity contribution is -0.384. The largest absolute Gasteiger partial charge is 0.489 e. The highest BCUT2D eigenvalue weighted by Gasteiger charge is 2.10. The molecule has 0 spiro atoms. The fourth-order valence-electron chi connectivity index (χ4n) is 1.68. The number of aromatic carboxylic acids is 1. The van der Waals surface area contributed by atoms with Gasteiger partial charge in [0.15, 0.2) is 0 Å². The molecule has 0 heterocycles. The molecule has 2 rings (SSSR count). The lowest BCUT2D eigenvalue weighted by atomic mass is 10.1. The zero-order chi connectivity index (χ0) is 14.5. The number of nitrogens with zero attached hydrogens (tertiary/aromatic N) is 1. The monoisotopic (exact) mass is 273 g/mol. The summed E-state index contributed by atoms with van der Waals surface area (Å²) in [5, 5.41) is 19.5. The van der Waals surface area contributed by atoms with Crippen LogP contribution < -0.4 is 4.74 Å². The minimum atomic E-state index is -1.02. The van der Waals surface area contributed by atoms with Crippen LogP contribution in [0.3, 0.4) is 0 Å². The van der Waals surface area contributed by atoms with Crippen molar-refractivity contribution in [2.45, 2.75) is 6.61 Å². The lowest BCUT2D eigenvalue weighted by Crippen LogP contribution is -2.05. The summed E-state index contributed by atoms with van der Waals surface area (Å²) in [6.45, 7) is 0.0836. The van der Waals surface area contributed by atoms with Gasteiger partial charge in [0.2, 0.25) is 0 Å². The zero-order valence-corrected chi connectivity index (χ0v) is 10.4. The number of carboxylic acid groups (broad SMARTS) is 1. The number of rotatable bonds is 5. The summed E-state index contributed by atoms with van der Waals surface area (Å²) in [7, 11) is 0. The molecule has 1 N–H and O–H groups in total. The third-order valence-corrected chi connectivity index (χ3v) is 2.69. The predicted octanol–water partition coefficient (Wildman–Crippen LogP) is 2.87. The van der Waals surface area contributed by atoms with E-state index in [-0.39, 0.29) is 17.9 Å². The van der Waals surface area contributed by atoms with Gasteiger partial charge in [-0.15, -0.1) is 0 Å². The third-order valence-electron chi connectivity index (χ3n) is 2.69. The van der Waals surface area contributed by atoms with Crippen LogP contribution in [0.4, 0.5) is 5.69 Å². The average Bonchev–Trinajstić information content (AvgIpc) is 2.45. The van der Waals surface area contributed by atoms with Crippen LogP contribution in [-0.2, 0) is 6.61 Å². The topological polar surface area (TPSA) is 89.7 Å². The van der Waals surface area contributed by atoms with E-state index >= 15 is 0 Å². The highest BCUT2D eigenvalue weighted by atomic mass is 16.6. The SMILES string of the molecule is O=C(O)c1ccccc1COc1ccc([N+](=O)[O-])cc1. The molecule has 6 nitrogen and oxygen atoms in total.